The maximum absolute atomic E-state index is 5.93. The van der Waals surface area contributed by atoms with Gasteiger partial charge in [-0.2, -0.15) is 10.1 Å². The first-order valence-electron chi connectivity index (χ1n) is 7.06. The van der Waals surface area contributed by atoms with Crippen molar-refractivity contribution < 1.29 is 4.74 Å². The lowest BCUT2D eigenvalue weighted by molar-refractivity contribution is 0.452. The largest absolute Gasteiger partial charge is 0.434 e. The fourth-order valence-corrected chi connectivity index (χ4v) is 2.79. The van der Waals surface area contributed by atoms with Gasteiger partial charge < -0.3 is 10.1 Å². The summed E-state index contributed by atoms with van der Waals surface area (Å²) in [6, 6.07) is 0.314. The molecule has 3 rings (SSSR count). The molecule has 0 saturated heterocycles. The van der Waals surface area contributed by atoms with Crippen LogP contribution in [-0.2, 0) is 6.54 Å². The summed E-state index contributed by atoms with van der Waals surface area (Å²) < 4.78 is 9.87. The first-order valence-corrected chi connectivity index (χ1v) is 7.94. The fourth-order valence-electron chi connectivity index (χ4n) is 2.07. The smallest absolute Gasteiger partial charge is 0.243 e. The Labute approximate surface area is 127 Å². The Balaban J connectivity index is 1.89. The Bertz CT molecular complexity index is 727. The molecule has 0 bridgehead atoms. The second-order valence-corrected chi connectivity index (χ2v) is 5.92. The standard InChI is InChI=1S/C14H19N5OS/c1-4-15-8-12-13(17-14-18(12)5-6-21-14)20-11-7-16-19(9-11)10(2)3/h5-7,9-10,15H,4,8H2,1-3H3. The average Bonchev–Trinajstić information content (AvgIpc) is 3.13. The summed E-state index contributed by atoms with van der Waals surface area (Å²) >= 11 is 1.60. The highest BCUT2D eigenvalue weighted by Crippen LogP contribution is 2.28. The van der Waals surface area contributed by atoms with Gasteiger partial charge in [0.05, 0.1) is 12.4 Å². The number of hydrogen-bond donors (Lipinski definition) is 1. The van der Waals surface area contributed by atoms with E-state index in [1.54, 1.807) is 17.5 Å². The molecule has 0 aliphatic rings. The minimum atomic E-state index is 0.314. The molecule has 1 N–H and O–H groups in total. The van der Waals surface area contributed by atoms with Gasteiger partial charge in [0.1, 0.15) is 5.69 Å². The van der Waals surface area contributed by atoms with Crippen LogP contribution in [0, 0.1) is 0 Å². The zero-order valence-electron chi connectivity index (χ0n) is 12.4. The second-order valence-electron chi connectivity index (χ2n) is 5.05. The Kier molecular flexibility index (Phi) is 3.94. The first kappa shape index (κ1) is 14.1. The summed E-state index contributed by atoms with van der Waals surface area (Å²) in [5.74, 6) is 1.36. The molecule has 112 valence electrons. The Morgan fingerprint density at radius 1 is 1.43 bits per heavy atom. The third-order valence-electron chi connectivity index (χ3n) is 3.19. The van der Waals surface area contributed by atoms with Crippen LogP contribution in [0.4, 0.5) is 0 Å². The van der Waals surface area contributed by atoms with E-state index in [2.05, 4.69) is 40.6 Å². The summed E-state index contributed by atoms with van der Waals surface area (Å²) in [5, 5.41) is 9.64. The van der Waals surface area contributed by atoms with E-state index < -0.39 is 0 Å². The molecule has 0 fully saturated rings. The molecule has 0 atom stereocenters. The molecular weight excluding hydrogens is 286 g/mol. The van der Waals surface area contributed by atoms with E-state index in [4.69, 9.17) is 4.74 Å². The van der Waals surface area contributed by atoms with Gasteiger partial charge in [0, 0.05) is 24.2 Å². The number of nitrogens with zero attached hydrogens (tertiary/aromatic N) is 4. The third kappa shape index (κ3) is 2.79. The molecule has 0 aromatic carbocycles. The van der Waals surface area contributed by atoms with Crippen molar-refractivity contribution in [1.82, 2.24) is 24.5 Å². The first-order chi connectivity index (χ1) is 10.2. The number of rotatable bonds is 6. The van der Waals surface area contributed by atoms with Crippen molar-refractivity contribution in [3.05, 3.63) is 29.7 Å². The van der Waals surface area contributed by atoms with Crippen LogP contribution < -0.4 is 10.1 Å². The number of thiazole rings is 1. The highest BCUT2D eigenvalue weighted by atomic mass is 32.1. The molecule has 3 aromatic heterocycles. The van der Waals surface area contributed by atoms with Crippen LogP contribution in [0.5, 0.6) is 11.6 Å². The molecule has 21 heavy (non-hydrogen) atoms. The van der Waals surface area contributed by atoms with Gasteiger partial charge in [-0.05, 0) is 20.4 Å². The Morgan fingerprint density at radius 3 is 3.00 bits per heavy atom. The van der Waals surface area contributed by atoms with E-state index in [1.165, 1.54) is 0 Å². The highest BCUT2D eigenvalue weighted by Gasteiger charge is 2.15. The van der Waals surface area contributed by atoms with Crippen molar-refractivity contribution in [2.24, 2.45) is 0 Å². The summed E-state index contributed by atoms with van der Waals surface area (Å²) in [5.41, 5.74) is 1.03. The maximum Gasteiger partial charge on any atom is 0.243 e. The van der Waals surface area contributed by atoms with Gasteiger partial charge in [-0.25, -0.2) is 0 Å². The second kappa shape index (κ2) is 5.87. The molecule has 7 heteroatoms. The lowest BCUT2D eigenvalue weighted by atomic mass is 10.4. The van der Waals surface area contributed by atoms with Crippen molar-refractivity contribution in [3.8, 4) is 11.6 Å². The third-order valence-corrected chi connectivity index (χ3v) is 3.94. The van der Waals surface area contributed by atoms with Gasteiger partial charge in [0.2, 0.25) is 5.88 Å². The zero-order valence-corrected chi connectivity index (χ0v) is 13.2. The lowest BCUT2D eigenvalue weighted by Crippen LogP contribution is -2.13. The average molecular weight is 305 g/mol. The van der Waals surface area contributed by atoms with Crippen molar-refractivity contribution in [2.75, 3.05) is 6.54 Å². The molecule has 3 aromatic rings. The SMILES string of the molecule is CCNCc1c(Oc2cnn(C(C)C)c2)nc2sccn12. The van der Waals surface area contributed by atoms with E-state index in [0.717, 1.165) is 23.7 Å². The van der Waals surface area contributed by atoms with E-state index in [0.29, 0.717) is 17.7 Å². The molecule has 0 radical (unpaired) electrons. The lowest BCUT2D eigenvalue weighted by Gasteiger charge is -2.05. The van der Waals surface area contributed by atoms with E-state index in [-0.39, 0.29) is 0 Å². The number of nitrogens with one attached hydrogen (secondary N) is 1. The van der Waals surface area contributed by atoms with Crippen LogP contribution in [0.2, 0.25) is 0 Å². The van der Waals surface area contributed by atoms with Crippen molar-refractivity contribution >= 4 is 16.3 Å². The van der Waals surface area contributed by atoms with Crippen LogP contribution in [0.15, 0.2) is 24.0 Å². The number of fused-ring (bicyclic) bond motifs is 1. The monoisotopic (exact) mass is 305 g/mol. The van der Waals surface area contributed by atoms with Crippen LogP contribution >= 0.6 is 11.3 Å². The number of hydrogen-bond acceptors (Lipinski definition) is 5. The van der Waals surface area contributed by atoms with Crippen LogP contribution in [0.3, 0.4) is 0 Å². The summed E-state index contributed by atoms with van der Waals surface area (Å²) in [6.45, 7) is 7.88. The summed E-state index contributed by atoms with van der Waals surface area (Å²) in [4.78, 5) is 5.50. The van der Waals surface area contributed by atoms with Gasteiger partial charge >= 0.3 is 0 Å². The molecule has 0 aliphatic carbocycles. The molecule has 0 aliphatic heterocycles. The van der Waals surface area contributed by atoms with Gasteiger partial charge in [-0.1, -0.05) is 6.92 Å². The van der Waals surface area contributed by atoms with Crippen molar-refractivity contribution in [1.29, 1.82) is 0 Å². The minimum Gasteiger partial charge on any atom is -0.434 e. The van der Waals surface area contributed by atoms with Crippen LogP contribution in [0.1, 0.15) is 32.5 Å². The van der Waals surface area contributed by atoms with Gasteiger partial charge in [0.15, 0.2) is 10.7 Å². The van der Waals surface area contributed by atoms with Gasteiger partial charge in [0.25, 0.3) is 0 Å². The predicted molar refractivity (Wildman–Crippen MR) is 83.1 cm³/mol. The summed E-state index contributed by atoms with van der Waals surface area (Å²) in [7, 11) is 0. The molecule has 6 nitrogen and oxygen atoms in total. The minimum absolute atomic E-state index is 0.314. The molecule has 3 heterocycles. The van der Waals surface area contributed by atoms with Gasteiger partial charge in [-0.15, -0.1) is 11.3 Å². The van der Waals surface area contributed by atoms with Crippen LogP contribution in [-0.4, -0.2) is 25.7 Å². The normalized spacial score (nSPS) is 11.6. The number of imidazole rings is 1. The molecular formula is C14H19N5OS. The predicted octanol–water partition coefficient (Wildman–Crippen LogP) is 3.08. The quantitative estimate of drug-likeness (QED) is 0.760. The van der Waals surface area contributed by atoms with Crippen molar-refractivity contribution in [3.63, 3.8) is 0 Å². The Morgan fingerprint density at radius 2 is 2.29 bits per heavy atom. The molecule has 0 amide bonds. The molecule has 0 unspecified atom stereocenters. The van der Waals surface area contributed by atoms with E-state index in [1.807, 2.05) is 22.5 Å². The topological polar surface area (TPSA) is 56.4 Å². The number of ether oxygens (including phenoxy) is 1. The van der Waals surface area contributed by atoms with E-state index in [9.17, 15) is 0 Å². The number of aromatic nitrogens is 4. The molecule has 0 saturated carbocycles. The Hall–Kier alpha value is -1.86. The van der Waals surface area contributed by atoms with Crippen molar-refractivity contribution in [2.45, 2.75) is 33.4 Å². The highest BCUT2D eigenvalue weighted by molar-refractivity contribution is 7.15. The van der Waals surface area contributed by atoms with Crippen LogP contribution in [0.25, 0.3) is 4.96 Å². The fraction of sp³-hybridized carbons (Fsp3) is 0.429. The maximum atomic E-state index is 5.93. The molecule has 0 spiro atoms. The van der Waals surface area contributed by atoms with Gasteiger partial charge in [-0.3, -0.25) is 9.08 Å². The summed E-state index contributed by atoms with van der Waals surface area (Å²) in [6.07, 6.45) is 5.64. The van der Waals surface area contributed by atoms with E-state index >= 15 is 0 Å². The zero-order chi connectivity index (χ0) is 14.8.